The third kappa shape index (κ3) is 8.79. The number of rotatable bonds is 12. The first-order chi connectivity index (χ1) is 19.8. The average Bonchev–Trinajstić information content (AvgIpc) is 3.35. The number of methoxy groups -OCH3 is 2. The van der Waals surface area contributed by atoms with Crippen molar-refractivity contribution in [3.8, 4) is 28.4 Å². The Labute approximate surface area is 245 Å². The summed E-state index contributed by atoms with van der Waals surface area (Å²) in [6, 6.07) is 11.6. The number of carbonyl (C=O) groups excluding carboxylic acids is 3. The van der Waals surface area contributed by atoms with Gasteiger partial charge in [-0.25, -0.2) is 13.9 Å². The number of hydrogen-bond acceptors (Lipinski definition) is 8. The van der Waals surface area contributed by atoms with Gasteiger partial charge in [0.05, 0.1) is 37.6 Å². The molecule has 0 aliphatic rings. The molecule has 0 spiro atoms. The number of esters is 2. The van der Waals surface area contributed by atoms with Gasteiger partial charge in [-0.05, 0) is 75.6 Å². The molecule has 2 aromatic carbocycles. The minimum Gasteiger partial charge on any atom is -0.496 e. The van der Waals surface area contributed by atoms with E-state index in [0.29, 0.717) is 29.1 Å². The van der Waals surface area contributed by atoms with Gasteiger partial charge in [0.15, 0.2) is 12.3 Å². The molecule has 1 aromatic heterocycles. The SMILES string of the molecule is COC(=O)COc1cccc(OC)c1-c1cc(C(=O)NC(CC(=O)OC(C)(C)C)CC(C)C)nn1-c1ccc(F)cc1. The maximum Gasteiger partial charge on any atom is 0.343 e. The van der Waals surface area contributed by atoms with E-state index >= 15 is 0 Å². The van der Waals surface area contributed by atoms with E-state index in [9.17, 15) is 18.8 Å². The molecule has 0 fully saturated rings. The van der Waals surface area contributed by atoms with Gasteiger partial charge in [-0.3, -0.25) is 9.59 Å². The van der Waals surface area contributed by atoms with Gasteiger partial charge in [0, 0.05) is 6.04 Å². The van der Waals surface area contributed by atoms with Crippen LogP contribution in [0.15, 0.2) is 48.5 Å². The number of amides is 1. The summed E-state index contributed by atoms with van der Waals surface area (Å²) in [7, 11) is 2.73. The Bertz CT molecular complexity index is 1390. The molecule has 1 amide bonds. The third-order valence-electron chi connectivity index (χ3n) is 5.97. The smallest absolute Gasteiger partial charge is 0.343 e. The highest BCUT2D eigenvalue weighted by molar-refractivity contribution is 5.94. The summed E-state index contributed by atoms with van der Waals surface area (Å²) in [5, 5.41) is 7.47. The fourth-order valence-corrected chi connectivity index (χ4v) is 4.30. The first-order valence-electron chi connectivity index (χ1n) is 13.6. The van der Waals surface area contributed by atoms with Crippen molar-refractivity contribution in [3.63, 3.8) is 0 Å². The molecule has 1 heterocycles. The number of nitrogens with one attached hydrogen (secondary N) is 1. The Kier molecular flexibility index (Phi) is 10.7. The highest BCUT2D eigenvalue weighted by Crippen LogP contribution is 2.40. The van der Waals surface area contributed by atoms with Gasteiger partial charge in [-0.1, -0.05) is 19.9 Å². The molecule has 1 N–H and O–H groups in total. The average molecular weight is 584 g/mol. The lowest BCUT2D eigenvalue weighted by atomic mass is 10.0. The molecule has 1 atom stereocenters. The van der Waals surface area contributed by atoms with Gasteiger partial charge in [-0.2, -0.15) is 5.10 Å². The maximum atomic E-state index is 13.8. The van der Waals surface area contributed by atoms with Crippen LogP contribution in [0.4, 0.5) is 4.39 Å². The van der Waals surface area contributed by atoms with Gasteiger partial charge in [0.1, 0.15) is 22.9 Å². The first-order valence-corrected chi connectivity index (χ1v) is 13.6. The molecule has 42 heavy (non-hydrogen) atoms. The predicted molar refractivity (Wildman–Crippen MR) is 154 cm³/mol. The molecule has 226 valence electrons. The maximum absolute atomic E-state index is 13.8. The zero-order valence-electron chi connectivity index (χ0n) is 25.0. The molecule has 11 heteroatoms. The monoisotopic (exact) mass is 583 g/mol. The second-order valence-electron chi connectivity index (χ2n) is 11.1. The summed E-state index contributed by atoms with van der Waals surface area (Å²) < 4.78 is 36.8. The van der Waals surface area contributed by atoms with Crippen LogP contribution in [-0.4, -0.2) is 60.1 Å². The van der Waals surface area contributed by atoms with E-state index in [1.54, 1.807) is 45.0 Å². The Hall–Kier alpha value is -4.41. The highest BCUT2D eigenvalue weighted by Gasteiger charge is 2.26. The standard InChI is InChI=1S/C31H38FN3O7/c1-19(2)15-21(16-27(36)42-31(3,4)5)33-30(38)23-17-24(35(34-23)22-13-11-20(32)12-14-22)29-25(39-6)9-8-10-26(29)41-18-28(37)40-7/h8-14,17,19,21H,15-16,18H2,1-7H3,(H,33,38). The molecule has 0 aliphatic carbocycles. The number of benzene rings is 2. The number of ether oxygens (including phenoxy) is 4. The van der Waals surface area contributed by atoms with E-state index < -0.39 is 35.3 Å². The van der Waals surface area contributed by atoms with Crippen LogP contribution in [0.5, 0.6) is 11.5 Å². The molecule has 0 saturated carbocycles. The highest BCUT2D eigenvalue weighted by atomic mass is 19.1. The Morgan fingerprint density at radius 2 is 1.67 bits per heavy atom. The summed E-state index contributed by atoms with van der Waals surface area (Å²) in [4.78, 5) is 38.0. The summed E-state index contributed by atoms with van der Waals surface area (Å²) in [5.41, 5.74) is 0.637. The number of halogens is 1. The Morgan fingerprint density at radius 1 is 1.00 bits per heavy atom. The van der Waals surface area contributed by atoms with Crippen LogP contribution < -0.4 is 14.8 Å². The van der Waals surface area contributed by atoms with Gasteiger partial charge >= 0.3 is 11.9 Å². The van der Waals surface area contributed by atoms with E-state index in [4.69, 9.17) is 18.9 Å². The number of carbonyl (C=O) groups is 3. The van der Waals surface area contributed by atoms with Gasteiger partial charge in [0.25, 0.3) is 5.91 Å². The fraction of sp³-hybridized carbons (Fsp3) is 0.419. The van der Waals surface area contributed by atoms with Crippen LogP contribution in [0.25, 0.3) is 16.9 Å². The summed E-state index contributed by atoms with van der Waals surface area (Å²) in [6.07, 6.45) is 0.527. The quantitative estimate of drug-likeness (QED) is 0.292. The molecule has 0 aliphatic heterocycles. The topological polar surface area (TPSA) is 118 Å². The van der Waals surface area contributed by atoms with Crippen LogP contribution >= 0.6 is 0 Å². The van der Waals surface area contributed by atoms with Crippen molar-refractivity contribution in [2.24, 2.45) is 5.92 Å². The molecule has 10 nitrogen and oxygen atoms in total. The lowest BCUT2D eigenvalue weighted by Gasteiger charge is -2.23. The molecular formula is C31H38FN3O7. The molecule has 0 bridgehead atoms. The van der Waals surface area contributed by atoms with E-state index in [2.05, 4.69) is 10.4 Å². The van der Waals surface area contributed by atoms with Crippen LogP contribution in [0, 0.1) is 11.7 Å². The molecular weight excluding hydrogens is 545 g/mol. The number of nitrogens with zero attached hydrogens (tertiary/aromatic N) is 2. The van der Waals surface area contributed by atoms with Crippen LogP contribution in [0.2, 0.25) is 0 Å². The van der Waals surface area contributed by atoms with E-state index in [-0.39, 0.29) is 30.4 Å². The fourth-order valence-electron chi connectivity index (χ4n) is 4.30. The second kappa shape index (κ2) is 14.0. The summed E-state index contributed by atoms with van der Waals surface area (Å²) >= 11 is 0. The van der Waals surface area contributed by atoms with Crippen molar-refractivity contribution in [1.82, 2.24) is 15.1 Å². The van der Waals surface area contributed by atoms with Gasteiger partial charge in [0.2, 0.25) is 0 Å². The summed E-state index contributed by atoms with van der Waals surface area (Å²) in [5.74, 6) is -1.12. The van der Waals surface area contributed by atoms with Crippen LogP contribution in [0.3, 0.4) is 0 Å². The first kappa shape index (κ1) is 32.1. The zero-order valence-corrected chi connectivity index (χ0v) is 25.0. The number of aromatic nitrogens is 2. The van der Waals surface area contributed by atoms with Crippen molar-refractivity contribution in [3.05, 3.63) is 60.0 Å². The van der Waals surface area contributed by atoms with Crippen molar-refractivity contribution < 1.29 is 37.7 Å². The zero-order chi connectivity index (χ0) is 31.0. The molecule has 1 unspecified atom stereocenters. The minimum absolute atomic E-state index is 0.00918. The molecule has 3 aromatic rings. The third-order valence-corrected chi connectivity index (χ3v) is 5.97. The van der Waals surface area contributed by atoms with Crippen LogP contribution in [0.1, 0.15) is 57.9 Å². The summed E-state index contributed by atoms with van der Waals surface area (Å²) in [6.45, 7) is 8.97. The van der Waals surface area contributed by atoms with Crippen LogP contribution in [-0.2, 0) is 19.1 Å². The Balaban J connectivity index is 2.06. The second-order valence-corrected chi connectivity index (χ2v) is 11.1. The molecule has 0 radical (unpaired) electrons. The molecule has 0 saturated heterocycles. The van der Waals surface area contributed by atoms with Gasteiger partial charge < -0.3 is 24.3 Å². The normalized spacial score (nSPS) is 12.0. The van der Waals surface area contributed by atoms with E-state index in [1.807, 2.05) is 13.8 Å². The predicted octanol–water partition coefficient (Wildman–Crippen LogP) is 5.12. The van der Waals surface area contributed by atoms with Crippen molar-refractivity contribution in [2.75, 3.05) is 20.8 Å². The lowest BCUT2D eigenvalue weighted by Crippen LogP contribution is -2.39. The van der Waals surface area contributed by atoms with E-state index in [0.717, 1.165) is 0 Å². The van der Waals surface area contributed by atoms with Gasteiger partial charge in [-0.15, -0.1) is 0 Å². The lowest BCUT2D eigenvalue weighted by molar-refractivity contribution is -0.155. The van der Waals surface area contributed by atoms with Crippen molar-refractivity contribution in [2.45, 2.75) is 59.1 Å². The van der Waals surface area contributed by atoms with Crippen molar-refractivity contribution in [1.29, 1.82) is 0 Å². The largest absolute Gasteiger partial charge is 0.496 e. The van der Waals surface area contributed by atoms with E-state index in [1.165, 1.54) is 43.2 Å². The number of hydrogen-bond donors (Lipinski definition) is 1. The molecule has 3 rings (SSSR count). The minimum atomic E-state index is -0.658. The Morgan fingerprint density at radius 3 is 2.26 bits per heavy atom. The van der Waals surface area contributed by atoms with Crippen molar-refractivity contribution >= 4 is 17.8 Å².